The van der Waals surface area contributed by atoms with Crippen LogP contribution in [0.2, 0.25) is 0 Å². The second kappa shape index (κ2) is 3.30. The van der Waals surface area contributed by atoms with E-state index >= 15 is 0 Å². The Bertz CT molecular complexity index is 531. The zero-order chi connectivity index (χ0) is 11.1. The molecule has 0 saturated heterocycles. The van der Waals surface area contributed by atoms with Crippen molar-refractivity contribution in [1.29, 1.82) is 0 Å². The van der Waals surface area contributed by atoms with Crippen LogP contribution in [-0.4, -0.2) is 14.8 Å². The van der Waals surface area contributed by atoms with Crippen molar-refractivity contribution in [1.82, 2.24) is 14.8 Å². The maximum absolute atomic E-state index is 13.7. The van der Waals surface area contributed by atoms with Crippen molar-refractivity contribution < 1.29 is 4.39 Å². The van der Waals surface area contributed by atoms with Gasteiger partial charge in [-0.05, 0) is 31.0 Å². The zero-order valence-corrected chi connectivity index (χ0v) is 8.60. The van der Waals surface area contributed by atoms with Crippen LogP contribution < -0.4 is 5.73 Å². The molecule has 1 aliphatic carbocycles. The molecular weight excluding hydrogens is 207 g/mol. The monoisotopic (exact) mass is 218 g/mol. The molecule has 0 atom stereocenters. The summed E-state index contributed by atoms with van der Waals surface area (Å²) in [4.78, 5) is 0. The Morgan fingerprint density at radius 2 is 2.19 bits per heavy atom. The fourth-order valence-electron chi connectivity index (χ4n) is 1.77. The third-order valence-electron chi connectivity index (χ3n) is 2.75. The highest BCUT2D eigenvalue weighted by atomic mass is 19.1. The molecule has 0 aliphatic heterocycles. The Labute approximate surface area is 91.9 Å². The predicted molar refractivity (Wildman–Crippen MR) is 58.1 cm³/mol. The molecule has 0 amide bonds. The lowest BCUT2D eigenvalue weighted by atomic mass is 10.2. The number of anilines is 1. The molecule has 1 aromatic carbocycles. The SMILES string of the molecule is Nc1ccc(-c2nncn2C2CC2)c(F)c1. The molecule has 2 N–H and O–H groups in total. The van der Waals surface area contributed by atoms with Gasteiger partial charge in [-0.2, -0.15) is 0 Å². The van der Waals surface area contributed by atoms with Crippen LogP contribution in [0.25, 0.3) is 11.4 Å². The van der Waals surface area contributed by atoms with E-state index < -0.39 is 0 Å². The molecule has 1 aromatic heterocycles. The van der Waals surface area contributed by atoms with Crippen LogP contribution in [-0.2, 0) is 0 Å². The van der Waals surface area contributed by atoms with E-state index in [0.29, 0.717) is 23.1 Å². The van der Waals surface area contributed by atoms with E-state index in [1.807, 2.05) is 4.57 Å². The largest absolute Gasteiger partial charge is 0.399 e. The normalized spacial score (nSPS) is 15.3. The number of benzene rings is 1. The average Bonchev–Trinajstić information content (AvgIpc) is 2.98. The van der Waals surface area contributed by atoms with E-state index in [1.165, 1.54) is 6.07 Å². The molecule has 3 rings (SSSR count). The fraction of sp³-hybridized carbons (Fsp3) is 0.273. The molecule has 5 heteroatoms. The van der Waals surface area contributed by atoms with Crippen molar-refractivity contribution in [3.05, 3.63) is 30.3 Å². The van der Waals surface area contributed by atoms with Crippen molar-refractivity contribution in [2.75, 3.05) is 5.73 Å². The molecule has 1 saturated carbocycles. The van der Waals surface area contributed by atoms with Gasteiger partial charge in [0.2, 0.25) is 0 Å². The summed E-state index contributed by atoms with van der Waals surface area (Å²) in [6.45, 7) is 0. The summed E-state index contributed by atoms with van der Waals surface area (Å²) in [5.74, 6) is 0.231. The van der Waals surface area contributed by atoms with E-state index in [9.17, 15) is 4.39 Å². The minimum atomic E-state index is -0.352. The van der Waals surface area contributed by atoms with Gasteiger partial charge in [0, 0.05) is 11.7 Å². The molecule has 82 valence electrons. The number of rotatable bonds is 2. The summed E-state index contributed by atoms with van der Waals surface area (Å²) >= 11 is 0. The smallest absolute Gasteiger partial charge is 0.166 e. The Morgan fingerprint density at radius 3 is 2.88 bits per heavy atom. The van der Waals surface area contributed by atoms with Crippen molar-refractivity contribution in [2.24, 2.45) is 0 Å². The second-order valence-corrected chi connectivity index (χ2v) is 4.03. The van der Waals surface area contributed by atoms with Gasteiger partial charge in [-0.3, -0.25) is 0 Å². The lowest BCUT2D eigenvalue weighted by Gasteiger charge is -2.05. The highest BCUT2D eigenvalue weighted by Gasteiger charge is 2.27. The number of halogens is 1. The van der Waals surface area contributed by atoms with E-state index in [2.05, 4.69) is 10.2 Å². The maximum Gasteiger partial charge on any atom is 0.166 e. The number of hydrogen-bond donors (Lipinski definition) is 1. The first-order valence-corrected chi connectivity index (χ1v) is 5.20. The Kier molecular flexibility index (Phi) is 1.92. The summed E-state index contributed by atoms with van der Waals surface area (Å²) in [5, 5.41) is 7.81. The van der Waals surface area contributed by atoms with Gasteiger partial charge in [0.05, 0.1) is 5.56 Å². The number of nitrogens with zero attached hydrogens (tertiary/aromatic N) is 3. The fourth-order valence-corrected chi connectivity index (χ4v) is 1.77. The highest BCUT2D eigenvalue weighted by molar-refractivity contribution is 5.60. The molecule has 1 heterocycles. The first-order chi connectivity index (χ1) is 7.75. The van der Waals surface area contributed by atoms with Crippen LogP contribution in [0.1, 0.15) is 18.9 Å². The summed E-state index contributed by atoms with van der Waals surface area (Å²) in [7, 11) is 0. The van der Waals surface area contributed by atoms with Crippen LogP contribution in [0, 0.1) is 5.82 Å². The number of hydrogen-bond acceptors (Lipinski definition) is 3. The van der Waals surface area contributed by atoms with E-state index in [1.54, 1.807) is 18.5 Å². The predicted octanol–water partition coefficient (Wildman–Crippen LogP) is 2.00. The zero-order valence-electron chi connectivity index (χ0n) is 8.60. The molecule has 0 unspecified atom stereocenters. The molecule has 1 aliphatic rings. The topological polar surface area (TPSA) is 56.7 Å². The second-order valence-electron chi connectivity index (χ2n) is 4.03. The van der Waals surface area contributed by atoms with Crippen LogP contribution in [0.3, 0.4) is 0 Å². The van der Waals surface area contributed by atoms with Gasteiger partial charge in [-0.15, -0.1) is 10.2 Å². The first kappa shape index (κ1) is 9.33. The van der Waals surface area contributed by atoms with Gasteiger partial charge in [0.1, 0.15) is 12.1 Å². The highest BCUT2D eigenvalue weighted by Crippen LogP contribution is 2.37. The molecular formula is C11H11FN4. The number of nitrogen functional groups attached to an aromatic ring is 1. The van der Waals surface area contributed by atoms with Crippen LogP contribution in [0.4, 0.5) is 10.1 Å². The van der Waals surface area contributed by atoms with E-state index in [4.69, 9.17) is 5.73 Å². The Balaban J connectivity index is 2.10. The average molecular weight is 218 g/mol. The van der Waals surface area contributed by atoms with Gasteiger partial charge < -0.3 is 10.3 Å². The van der Waals surface area contributed by atoms with Gasteiger partial charge >= 0.3 is 0 Å². The van der Waals surface area contributed by atoms with Crippen LogP contribution in [0.5, 0.6) is 0 Å². The van der Waals surface area contributed by atoms with Crippen LogP contribution in [0.15, 0.2) is 24.5 Å². The molecule has 0 spiro atoms. The third-order valence-corrected chi connectivity index (χ3v) is 2.75. The summed E-state index contributed by atoms with van der Waals surface area (Å²) in [5.41, 5.74) is 6.38. The summed E-state index contributed by atoms with van der Waals surface area (Å²) in [6.07, 6.45) is 3.88. The lowest BCUT2D eigenvalue weighted by molar-refractivity contribution is 0.627. The van der Waals surface area contributed by atoms with Crippen LogP contribution >= 0.6 is 0 Å². The quantitative estimate of drug-likeness (QED) is 0.784. The van der Waals surface area contributed by atoms with Crippen molar-refractivity contribution in [3.63, 3.8) is 0 Å². The Hall–Kier alpha value is -1.91. The maximum atomic E-state index is 13.7. The standard InChI is InChI=1S/C11H11FN4/c12-10-5-7(13)1-4-9(10)11-15-14-6-16(11)8-2-3-8/h1,4-6,8H,2-3,13H2. The minimum Gasteiger partial charge on any atom is -0.399 e. The molecule has 0 bridgehead atoms. The summed E-state index contributed by atoms with van der Waals surface area (Å²) in [6, 6.07) is 5.06. The van der Waals surface area contributed by atoms with E-state index in [0.717, 1.165) is 12.8 Å². The molecule has 1 fully saturated rings. The molecule has 2 aromatic rings. The lowest BCUT2D eigenvalue weighted by Crippen LogP contribution is -1.98. The molecule has 16 heavy (non-hydrogen) atoms. The molecule has 4 nitrogen and oxygen atoms in total. The Morgan fingerprint density at radius 1 is 1.38 bits per heavy atom. The van der Waals surface area contributed by atoms with Gasteiger partial charge in [-0.25, -0.2) is 4.39 Å². The minimum absolute atomic E-state index is 0.352. The molecule has 0 radical (unpaired) electrons. The van der Waals surface area contributed by atoms with Crippen molar-refractivity contribution in [2.45, 2.75) is 18.9 Å². The van der Waals surface area contributed by atoms with E-state index in [-0.39, 0.29) is 5.82 Å². The van der Waals surface area contributed by atoms with Crippen molar-refractivity contribution in [3.8, 4) is 11.4 Å². The number of nitrogens with two attached hydrogens (primary N) is 1. The van der Waals surface area contributed by atoms with Gasteiger partial charge in [0.25, 0.3) is 0 Å². The van der Waals surface area contributed by atoms with Gasteiger partial charge in [0.15, 0.2) is 5.82 Å². The van der Waals surface area contributed by atoms with Gasteiger partial charge in [-0.1, -0.05) is 0 Å². The third kappa shape index (κ3) is 1.44. The van der Waals surface area contributed by atoms with Crippen molar-refractivity contribution >= 4 is 5.69 Å². The number of aromatic nitrogens is 3. The summed E-state index contributed by atoms with van der Waals surface area (Å²) < 4.78 is 15.6. The first-order valence-electron chi connectivity index (χ1n) is 5.20.